The number of carbonyl (C=O) groups excluding carboxylic acids is 2. The van der Waals surface area contributed by atoms with Crippen LogP contribution >= 0.6 is 0 Å². The van der Waals surface area contributed by atoms with Crippen molar-refractivity contribution in [2.75, 3.05) is 51.5 Å². The average Bonchev–Trinajstić information content (AvgIpc) is 3.35. The van der Waals surface area contributed by atoms with E-state index in [0.29, 0.717) is 60.8 Å². The summed E-state index contributed by atoms with van der Waals surface area (Å²) in [6.45, 7) is 12.2. The van der Waals surface area contributed by atoms with E-state index in [1.807, 2.05) is 72.1 Å². The normalized spacial score (nSPS) is 13.9. The summed E-state index contributed by atoms with van der Waals surface area (Å²) in [6.07, 6.45) is 1.62. The minimum absolute atomic E-state index is 0.0352. The van der Waals surface area contributed by atoms with E-state index in [2.05, 4.69) is 15.3 Å². The number of aryl methyl sites for hydroxylation is 2. The first-order chi connectivity index (χ1) is 20.5. The minimum atomic E-state index is -0.542. The Kier molecular flexibility index (Phi) is 8.41. The lowest BCUT2D eigenvalue weighted by molar-refractivity contribution is 0.0240. The first kappa shape index (κ1) is 30.0. The van der Waals surface area contributed by atoms with Gasteiger partial charge in [-0.25, -0.2) is 14.8 Å². The molecule has 43 heavy (non-hydrogen) atoms. The van der Waals surface area contributed by atoms with Gasteiger partial charge in [-0.15, -0.1) is 0 Å². The van der Waals surface area contributed by atoms with Gasteiger partial charge in [0.25, 0.3) is 5.91 Å². The topological polar surface area (TPSA) is 124 Å². The molecule has 3 heterocycles. The molecule has 12 nitrogen and oxygen atoms in total. The maximum Gasteiger partial charge on any atom is 0.410 e. The number of methoxy groups -OCH3 is 1. The first-order valence-corrected chi connectivity index (χ1v) is 14.4. The van der Waals surface area contributed by atoms with E-state index < -0.39 is 5.60 Å². The van der Waals surface area contributed by atoms with E-state index in [1.165, 1.54) is 0 Å². The summed E-state index contributed by atoms with van der Waals surface area (Å²) in [5.41, 5.74) is 3.56. The third-order valence-corrected chi connectivity index (χ3v) is 7.19. The molecule has 1 N–H and O–H groups in total. The van der Waals surface area contributed by atoms with E-state index in [9.17, 15) is 9.59 Å². The number of fused-ring (bicyclic) bond motifs is 2. The molecule has 1 fully saturated rings. The lowest BCUT2D eigenvalue weighted by atomic mass is 10.0. The standard InChI is InChI=1S/C31H39N7O5/c1-8-32-29(39)26-22-16-21(37-11-13-38(14-12-37)30(40)43-31(3,4)5)9-10-24(22)33-28(34-26)23-15-20-17-36(6)35-25(20)19(2)27(23)42-18-41-7/h9-10,15-17H,8,11-14,18H2,1-7H3,(H,32,39). The predicted octanol–water partition coefficient (Wildman–Crippen LogP) is 4.28. The monoisotopic (exact) mass is 589 g/mol. The second kappa shape index (κ2) is 12.0. The Morgan fingerprint density at radius 2 is 1.81 bits per heavy atom. The maximum absolute atomic E-state index is 13.4. The molecule has 5 rings (SSSR count). The van der Waals surface area contributed by atoms with Gasteiger partial charge in [-0.1, -0.05) is 0 Å². The van der Waals surface area contributed by atoms with Crippen LogP contribution in [0.4, 0.5) is 10.5 Å². The number of aromatic nitrogens is 4. The van der Waals surface area contributed by atoms with Gasteiger partial charge in [-0.3, -0.25) is 9.48 Å². The molecule has 2 aromatic heterocycles. The van der Waals surface area contributed by atoms with Crippen LogP contribution in [0.2, 0.25) is 0 Å². The van der Waals surface area contributed by atoms with Gasteiger partial charge in [-0.2, -0.15) is 5.10 Å². The van der Waals surface area contributed by atoms with E-state index >= 15 is 0 Å². The zero-order valence-corrected chi connectivity index (χ0v) is 25.9. The number of nitrogens with one attached hydrogen (secondary N) is 1. The number of ether oxygens (including phenoxy) is 3. The van der Waals surface area contributed by atoms with Crippen molar-refractivity contribution in [2.45, 2.75) is 40.2 Å². The molecule has 0 spiro atoms. The van der Waals surface area contributed by atoms with Crippen LogP contribution in [0.3, 0.4) is 0 Å². The third-order valence-electron chi connectivity index (χ3n) is 7.19. The second-order valence-corrected chi connectivity index (χ2v) is 11.6. The molecule has 0 aliphatic carbocycles. The van der Waals surface area contributed by atoms with Gasteiger partial charge in [0.2, 0.25) is 0 Å². The summed E-state index contributed by atoms with van der Waals surface area (Å²) in [6, 6.07) is 7.78. The number of anilines is 1. The molecule has 0 radical (unpaired) electrons. The Morgan fingerprint density at radius 1 is 1.07 bits per heavy atom. The predicted molar refractivity (Wildman–Crippen MR) is 165 cm³/mol. The van der Waals surface area contributed by atoms with Crippen molar-refractivity contribution >= 4 is 39.5 Å². The highest BCUT2D eigenvalue weighted by Gasteiger charge is 2.27. The third kappa shape index (κ3) is 6.34. The van der Waals surface area contributed by atoms with Gasteiger partial charge in [0.1, 0.15) is 17.0 Å². The van der Waals surface area contributed by atoms with Crippen molar-refractivity contribution in [1.82, 2.24) is 30.0 Å². The number of hydrogen-bond acceptors (Lipinski definition) is 9. The van der Waals surface area contributed by atoms with Crippen LogP contribution in [0.5, 0.6) is 5.75 Å². The van der Waals surface area contributed by atoms with Gasteiger partial charge < -0.3 is 29.3 Å². The summed E-state index contributed by atoms with van der Waals surface area (Å²) in [5, 5.41) is 9.02. The van der Waals surface area contributed by atoms with Gasteiger partial charge >= 0.3 is 6.09 Å². The fourth-order valence-electron chi connectivity index (χ4n) is 5.23. The van der Waals surface area contributed by atoms with Crippen LogP contribution in [-0.2, 0) is 16.5 Å². The highest BCUT2D eigenvalue weighted by atomic mass is 16.7. The van der Waals surface area contributed by atoms with Crippen LogP contribution in [0.15, 0.2) is 30.5 Å². The largest absolute Gasteiger partial charge is 0.466 e. The Balaban J connectivity index is 1.54. The smallest absolute Gasteiger partial charge is 0.410 e. The number of amides is 2. The van der Waals surface area contributed by atoms with Gasteiger partial charge in [0, 0.05) is 75.1 Å². The van der Waals surface area contributed by atoms with Crippen molar-refractivity contribution in [2.24, 2.45) is 7.05 Å². The lowest BCUT2D eigenvalue weighted by Gasteiger charge is -2.36. The molecule has 1 aliphatic rings. The molecule has 0 bridgehead atoms. The van der Waals surface area contributed by atoms with Gasteiger partial charge in [0.15, 0.2) is 12.6 Å². The quantitative estimate of drug-likeness (QED) is 0.315. The number of piperazine rings is 1. The zero-order valence-electron chi connectivity index (χ0n) is 25.9. The molecule has 2 amide bonds. The molecule has 1 aliphatic heterocycles. The van der Waals surface area contributed by atoms with Crippen molar-refractivity contribution in [3.8, 4) is 17.1 Å². The van der Waals surface area contributed by atoms with Crippen molar-refractivity contribution in [3.05, 3.63) is 41.7 Å². The highest BCUT2D eigenvalue weighted by Crippen LogP contribution is 2.38. The number of hydrogen-bond donors (Lipinski definition) is 1. The van der Waals surface area contributed by atoms with E-state index in [-0.39, 0.29) is 24.5 Å². The second-order valence-electron chi connectivity index (χ2n) is 11.6. The van der Waals surface area contributed by atoms with Crippen molar-refractivity contribution in [1.29, 1.82) is 0 Å². The van der Waals surface area contributed by atoms with Gasteiger partial charge in [0.05, 0.1) is 16.6 Å². The van der Waals surface area contributed by atoms with Crippen molar-refractivity contribution < 1.29 is 23.8 Å². The molecule has 4 aromatic rings. The Morgan fingerprint density at radius 3 is 2.49 bits per heavy atom. The number of nitrogens with zero attached hydrogens (tertiary/aromatic N) is 6. The van der Waals surface area contributed by atoms with Crippen molar-refractivity contribution in [3.63, 3.8) is 0 Å². The molecule has 0 unspecified atom stereocenters. The highest BCUT2D eigenvalue weighted by molar-refractivity contribution is 6.06. The number of rotatable bonds is 7. The lowest BCUT2D eigenvalue weighted by Crippen LogP contribution is -2.50. The fraction of sp³-hybridized carbons (Fsp3) is 0.452. The molecule has 0 saturated carbocycles. The minimum Gasteiger partial charge on any atom is -0.466 e. The maximum atomic E-state index is 13.4. The zero-order chi connectivity index (χ0) is 30.9. The van der Waals surface area contributed by atoms with Crippen LogP contribution in [0.25, 0.3) is 33.2 Å². The number of benzene rings is 2. The molecular weight excluding hydrogens is 550 g/mol. The Hall–Kier alpha value is -4.45. The van der Waals surface area contributed by atoms with Crippen LogP contribution < -0.4 is 15.0 Å². The summed E-state index contributed by atoms with van der Waals surface area (Å²) in [5.74, 6) is 0.628. The van der Waals surface area contributed by atoms with E-state index in [1.54, 1.807) is 16.7 Å². The molecule has 12 heteroatoms. The van der Waals surface area contributed by atoms with Crippen LogP contribution in [0.1, 0.15) is 43.7 Å². The summed E-state index contributed by atoms with van der Waals surface area (Å²) in [7, 11) is 3.42. The number of carbonyl (C=O) groups is 2. The summed E-state index contributed by atoms with van der Waals surface area (Å²) < 4.78 is 18.5. The SMILES string of the molecule is CCNC(=O)c1nc(-c2cc3cn(C)nc3c(C)c2OCOC)nc2ccc(N3CCN(C(=O)OC(C)(C)C)CC3)cc12. The molecule has 2 aromatic carbocycles. The van der Waals surface area contributed by atoms with Crippen LogP contribution in [0, 0.1) is 6.92 Å². The molecule has 1 saturated heterocycles. The van der Waals surface area contributed by atoms with E-state index in [0.717, 1.165) is 22.2 Å². The average molecular weight is 590 g/mol. The summed E-state index contributed by atoms with van der Waals surface area (Å²) in [4.78, 5) is 39.5. The fourth-order valence-corrected chi connectivity index (χ4v) is 5.23. The molecular formula is C31H39N7O5. The molecule has 0 atom stereocenters. The van der Waals surface area contributed by atoms with E-state index in [4.69, 9.17) is 24.2 Å². The Bertz CT molecular complexity index is 1670. The molecule has 228 valence electrons. The van der Waals surface area contributed by atoms with Gasteiger partial charge in [-0.05, 0) is 58.9 Å². The van der Waals surface area contributed by atoms with Crippen LogP contribution in [-0.4, -0.2) is 88.9 Å². The summed E-state index contributed by atoms with van der Waals surface area (Å²) >= 11 is 0. The Labute approximate surface area is 250 Å². The first-order valence-electron chi connectivity index (χ1n) is 14.4.